The van der Waals surface area contributed by atoms with Crippen molar-refractivity contribution < 1.29 is 14.8 Å². The van der Waals surface area contributed by atoms with E-state index in [1.807, 2.05) is 0 Å². The van der Waals surface area contributed by atoms with E-state index in [0.717, 1.165) is 5.56 Å². The lowest BCUT2D eigenvalue weighted by molar-refractivity contribution is -0.384. The van der Waals surface area contributed by atoms with Crippen LogP contribution in [-0.4, -0.2) is 26.2 Å². The second-order valence-corrected chi connectivity index (χ2v) is 4.88. The number of hydrogen-bond acceptors (Lipinski definition) is 4. The first-order valence-electron chi connectivity index (χ1n) is 6.45. The van der Waals surface area contributed by atoms with Gasteiger partial charge in [-0.15, -0.1) is 0 Å². The van der Waals surface area contributed by atoms with Gasteiger partial charge in [0.1, 0.15) is 5.69 Å². The summed E-state index contributed by atoms with van der Waals surface area (Å²) < 4.78 is 0. The van der Waals surface area contributed by atoms with Gasteiger partial charge in [-0.3, -0.25) is 15.2 Å². The predicted octanol–water partition coefficient (Wildman–Crippen LogP) is 3.14. The van der Waals surface area contributed by atoms with Gasteiger partial charge in [-0.05, 0) is 30.7 Å². The zero-order valence-electron chi connectivity index (χ0n) is 11.5. The van der Waals surface area contributed by atoms with E-state index in [9.17, 15) is 20.0 Å². The first-order valence-corrected chi connectivity index (χ1v) is 6.45. The molecule has 22 heavy (non-hydrogen) atoms. The number of nitrogens with zero attached hydrogens (tertiary/aromatic N) is 2. The van der Waals surface area contributed by atoms with Crippen LogP contribution >= 0.6 is 0 Å². The second-order valence-electron chi connectivity index (χ2n) is 4.88. The van der Waals surface area contributed by atoms with E-state index in [2.05, 4.69) is 10.2 Å². The Kier molecular flexibility index (Phi) is 3.10. The van der Waals surface area contributed by atoms with Crippen LogP contribution in [0.3, 0.4) is 0 Å². The van der Waals surface area contributed by atoms with Crippen LogP contribution in [0.2, 0.25) is 0 Å². The lowest BCUT2D eigenvalue weighted by atomic mass is 10.0. The molecule has 1 heterocycles. The molecule has 0 bridgehead atoms. The minimum Gasteiger partial charge on any atom is -0.478 e. The number of hydrogen-bond donors (Lipinski definition) is 2. The summed E-state index contributed by atoms with van der Waals surface area (Å²) in [5, 5.41) is 27.8. The van der Waals surface area contributed by atoms with Crippen molar-refractivity contribution in [1.82, 2.24) is 10.2 Å². The average molecular weight is 297 g/mol. The Labute approximate surface area is 124 Å². The van der Waals surface area contributed by atoms with Crippen LogP contribution in [0.5, 0.6) is 0 Å². The molecule has 0 spiro atoms. The summed E-state index contributed by atoms with van der Waals surface area (Å²) >= 11 is 0. The Balaban J connectivity index is 2.39. The fourth-order valence-corrected chi connectivity index (χ4v) is 2.44. The minimum absolute atomic E-state index is 0.0528. The Bertz CT molecular complexity index is 914. The summed E-state index contributed by atoms with van der Waals surface area (Å²) in [6.45, 7) is 1.81. The second kappa shape index (κ2) is 4.96. The molecular weight excluding hydrogens is 286 g/mol. The number of carboxylic acid groups (broad SMARTS) is 1. The molecule has 7 heteroatoms. The summed E-state index contributed by atoms with van der Waals surface area (Å²) in [6, 6.07) is 9.39. The number of rotatable bonds is 3. The molecule has 0 aliphatic carbocycles. The van der Waals surface area contributed by atoms with E-state index in [1.165, 1.54) is 12.1 Å². The van der Waals surface area contributed by atoms with Gasteiger partial charge in [0.15, 0.2) is 0 Å². The molecule has 0 aliphatic heterocycles. The summed E-state index contributed by atoms with van der Waals surface area (Å²) in [6.07, 6.45) is 0. The number of aryl methyl sites for hydroxylation is 1. The van der Waals surface area contributed by atoms with Crippen molar-refractivity contribution in [3.05, 3.63) is 57.6 Å². The fraction of sp³-hybridized carbons (Fsp3) is 0.0667. The van der Waals surface area contributed by atoms with Gasteiger partial charge in [0.05, 0.1) is 21.6 Å². The molecule has 2 aromatic carbocycles. The number of carbonyl (C=O) groups is 1. The van der Waals surface area contributed by atoms with Gasteiger partial charge in [0, 0.05) is 11.5 Å². The molecule has 0 radical (unpaired) electrons. The van der Waals surface area contributed by atoms with E-state index in [4.69, 9.17) is 0 Å². The van der Waals surface area contributed by atoms with Crippen LogP contribution in [0.15, 0.2) is 36.4 Å². The minimum atomic E-state index is -1.11. The maximum absolute atomic E-state index is 11.4. The molecular formula is C15H11N3O4. The highest BCUT2D eigenvalue weighted by Gasteiger charge is 2.22. The molecule has 3 aromatic rings. The quantitative estimate of drug-likeness (QED) is 0.570. The SMILES string of the molecule is Cc1ccc([N+](=O)[O-])c(-c2n[nH]c3cccc(C(=O)O)c23)c1. The number of nitro groups is 1. The monoisotopic (exact) mass is 297 g/mol. The van der Waals surface area contributed by atoms with E-state index >= 15 is 0 Å². The van der Waals surface area contributed by atoms with Gasteiger partial charge in [0.2, 0.25) is 0 Å². The molecule has 0 aliphatic rings. The molecule has 0 saturated carbocycles. The van der Waals surface area contributed by atoms with Crippen LogP contribution < -0.4 is 0 Å². The first kappa shape index (κ1) is 13.7. The van der Waals surface area contributed by atoms with Crippen molar-refractivity contribution >= 4 is 22.6 Å². The normalized spacial score (nSPS) is 10.8. The third kappa shape index (κ3) is 2.08. The summed E-state index contributed by atoms with van der Waals surface area (Å²) in [4.78, 5) is 22.1. The molecule has 2 N–H and O–H groups in total. The third-order valence-corrected chi connectivity index (χ3v) is 3.42. The number of fused-ring (bicyclic) bond motifs is 1. The molecule has 110 valence electrons. The number of H-pyrrole nitrogens is 1. The van der Waals surface area contributed by atoms with Crippen LogP contribution in [-0.2, 0) is 0 Å². The number of nitrogens with one attached hydrogen (secondary N) is 1. The molecule has 0 fully saturated rings. The molecule has 0 saturated heterocycles. The van der Waals surface area contributed by atoms with E-state index < -0.39 is 10.9 Å². The topological polar surface area (TPSA) is 109 Å². The molecule has 0 atom stereocenters. The van der Waals surface area contributed by atoms with Crippen LogP contribution in [0.4, 0.5) is 5.69 Å². The van der Waals surface area contributed by atoms with Gasteiger partial charge < -0.3 is 5.11 Å². The summed E-state index contributed by atoms with van der Waals surface area (Å²) in [5.41, 5.74) is 1.85. The smallest absolute Gasteiger partial charge is 0.336 e. The number of aromatic amines is 1. The number of benzene rings is 2. The molecule has 1 aromatic heterocycles. The van der Waals surface area contributed by atoms with E-state index in [-0.39, 0.29) is 16.9 Å². The number of aromatic carboxylic acids is 1. The Morgan fingerprint density at radius 2 is 2.09 bits per heavy atom. The fourth-order valence-electron chi connectivity index (χ4n) is 2.44. The summed E-state index contributed by atoms with van der Waals surface area (Å²) in [7, 11) is 0. The first-order chi connectivity index (χ1) is 10.5. The van der Waals surface area contributed by atoms with Crippen molar-refractivity contribution in [2.75, 3.05) is 0 Å². The van der Waals surface area contributed by atoms with Gasteiger partial charge in [-0.1, -0.05) is 12.1 Å². The maximum Gasteiger partial charge on any atom is 0.336 e. The Hall–Kier alpha value is -3.22. The zero-order valence-corrected chi connectivity index (χ0v) is 11.5. The highest BCUT2D eigenvalue weighted by Crippen LogP contribution is 2.35. The van der Waals surface area contributed by atoms with E-state index in [0.29, 0.717) is 16.5 Å². The highest BCUT2D eigenvalue weighted by atomic mass is 16.6. The van der Waals surface area contributed by atoms with Gasteiger partial charge >= 0.3 is 5.97 Å². The molecule has 3 rings (SSSR count). The maximum atomic E-state index is 11.4. The van der Waals surface area contributed by atoms with E-state index in [1.54, 1.807) is 31.2 Å². The lowest BCUT2D eigenvalue weighted by Gasteiger charge is -2.04. The van der Waals surface area contributed by atoms with Crippen LogP contribution in [0, 0.1) is 17.0 Å². The van der Waals surface area contributed by atoms with Crippen molar-refractivity contribution in [1.29, 1.82) is 0 Å². The van der Waals surface area contributed by atoms with Gasteiger partial charge in [0.25, 0.3) is 5.69 Å². The van der Waals surface area contributed by atoms with Gasteiger partial charge in [-0.25, -0.2) is 4.79 Å². The number of carboxylic acids is 1. The lowest BCUT2D eigenvalue weighted by Crippen LogP contribution is -1.98. The van der Waals surface area contributed by atoms with Crippen molar-refractivity contribution in [2.24, 2.45) is 0 Å². The average Bonchev–Trinajstić information content (AvgIpc) is 2.90. The van der Waals surface area contributed by atoms with Crippen molar-refractivity contribution in [3.63, 3.8) is 0 Å². The van der Waals surface area contributed by atoms with Gasteiger partial charge in [-0.2, -0.15) is 5.10 Å². The number of aromatic nitrogens is 2. The van der Waals surface area contributed by atoms with Crippen LogP contribution in [0.25, 0.3) is 22.2 Å². The zero-order chi connectivity index (χ0) is 15.9. The highest BCUT2D eigenvalue weighted by molar-refractivity contribution is 6.09. The van der Waals surface area contributed by atoms with Crippen molar-refractivity contribution in [3.8, 4) is 11.3 Å². The molecule has 7 nitrogen and oxygen atoms in total. The molecule has 0 amide bonds. The number of nitro benzene ring substituents is 1. The largest absolute Gasteiger partial charge is 0.478 e. The standard InChI is InChI=1S/C15H11N3O4/c1-8-5-6-12(18(21)22)10(7-8)14-13-9(15(19)20)3-2-4-11(13)16-17-14/h2-7H,1H3,(H,16,17)(H,19,20). The Morgan fingerprint density at radius 1 is 1.32 bits per heavy atom. The third-order valence-electron chi connectivity index (χ3n) is 3.42. The molecule has 0 unspecified atom stereocenters. The van der Waals surface area contributed by atoms with Crippen LogP contribution in [0.1, 0.15) is 15.9 Å². The summed E-state index contributed by atoms with van der Waals surface area (Å²) in [5.74, 6) is -1.11. The van der Waals surface area contributed by atoms with Crippen molar-refractivity contribution in [2.45, 2.75) is 6.92 Å². The Morgan fingerprint density at radius 3 is 2.77 bits per heavy atom. The predicted molar refractivity (Wildman–Crippen MR) is 79.9 cm³/mol.